The van der Waals surface area contributed by atoms with Gasteiger partial charge in [0.1, 0.15) is 12.4 Å². The first-order valence-electron chi connectivity index (χ1n) is 5.52. The maximum atomic E-state index is 10.3. The molecule has 0 amide bonds. The number of nitrogens with two attached hydrogens (primary N) is 1. The molecule has 6 heteroatoms. The molecule has 0 fully saturated rings. The summed E-state index contributed by atoms with van der Waals surface area (Å²) in [5, 5.41) is 8.46. The second kappa shape index (κ2) is 7.35. The van der Waals surface area contributed by atoms with E-state index in [-0.39, 0.29) is 19.3 Å². The second-order valence-electron chi connectivity index (χ2n) is 3.63. The third-order valence-electron chi connectivity index (χ3n) is 2.21. The Bertz CT molecular complexity index is 411. The van der Waals surface area contributed by atoms with Crippen LogP contribution in [-0.2, 0) is 9.53 Å². The SMILES string of the molecule is CCOc1ccc(C(N)COCC(=O)O)c(Br)c1. The predicted octanol–water partition coefficient (Wildman–Crippen LogP) is 1.95. The smallest absolute Gasteiger partial charge is 0.329 e. The zero-order valence-corrected chi connectivity index (χ0v) is 11.6. The van der Waals surface area contributed by atoms with Gasteiger partial charge in [-0.25, -0.2) is 4.79 Å². The van der Waals surface area contributed by atoms with Gasteiger partial charge in [-0.2, -0.15) is 0 Å². The predicted molar refractivity (Wildman–Crippen MR) is 70.7 cm³/mol. The maximum Gasteiger partial charge on any atom is 0.329 e. The minimum Gasteiger partial charge on any atom is -0.494 e. The van der Waals surface area contributed by atoms with Crippen molar-refractivity contribution in [2.24, 2.45) is 5.73 Å². The molecule has 0 bridgehead atoms. The van der Waals surface area contributed by atoms with Crippen LogP contribution in [-0.4, -0.2) is 30.9 Å². The number of carboxylic acids is 1. The van der Waals surface area contributed by atoms with E-state index in [9.17, 15) is 4.79 Å². The topological polar surface area (TPSA) is 81.8 Å². The van der Waals surface area contributed by atoms with Crippen LogP contribution in [0.15, 0.2) is 22.7 Å². The van der Waals surface area contributed by atoms with E-state index in [0.717, 1.165) is 15.8 Å². The first kappa shape index (κ1) is 14.9. The Balaban J connectivity index is 2.62. The number of ether oxygens (including phenoxy) is 2. The second-order valence-corrected chi connectivity index (χ2v) is 4.49. The van der Waals surface area contributed by atoms with Crippen molar-refractivity contribution in [1.82, 2.24) is 0 Å². The molecule has 0 saturated heterocycles. The largest absolute Gasteiger partial charge is 0.494 e. The standard InChI is InChI=1S/C12H16BrNO4/c1-2-18-8-3-4-9(10(13)5-8)11(14)6-17-7-12(15)16/h3-5,11H,2,6-7,14H2,1H3,(H,15,16). The van der Waals surface area contributed by atoms with Crippen molar-refractivity contribution in [3.63, 3.8) is 0 Å². The normalized spacial score (nSPS) is 12.2. The number of carboxylic acid groups (broad SMARTS) is 1. The molecular formula is C12H16BrNO4. The summed E-state index contributed by atoms with van der Waals surface area (Å²) in [4.78, 5) is 10.3. The Morgan fingerprint density at radius 2 is 2.28 bits per heavy atom. The molecule has 100 valence electrons. The van der Waals surface area contributed by atoms with Crippen LogP contribution in [0.1, 0.15) is 18.5 Å². The molecule has 0 saturated carbocycles. The first-order chi connectivity index (χ1) is 8.54. The average molecular weight is 318 g/mol. The summed E-state index contributed by atoms with van der Waals surface area (Å²) >= 11 is 3.41. The van der Waals surface area contributed by atoms with Crippen LogP contribution >= 0.6 is 15.9 Å². The number of halogens is 1. The molecule has 0 heterocycles. The van der Waals surface area contributed by atoms with Gasteiger partial charge in [0, 0.05) is 4.47 Å². The molecule has 1 atom stereocenters. The number of aliphatic carboxylic acids is 1. The summed E-state index contributed by atoms with van der Waals surface area (Å²) in [6, 6.07) is 5.11. The lowest BCUT2D eigenvalue weighted by atomic mass is 10.1. The summed E-state index contributed by atoms with van der Waals surface area (Å²) < 4.78 is 11.1. The summed E-state index contributed by atoms with van der Waals surface area (Å²) in [6.45, 7) is 2.31. The van der Waals surface area contributed by atoms with Gasteiger partial charge in [0.2, 0.25) is 0 Å². The lowest BCUT2D eigenvalue weighted by Gasteiger charge is -2.14. The zero-order chi connectivity index (χ0) is 13.5. The van der Waals surface area contributed by atoms with E-state index in [4.69, 9.17) is 20.3 Å². The average Bonchev–Trinajstić information content (AvgIpc) is 2.28. The Labute approximate surface area is 114 Å². The zero-order valence-electron chi connectivity index (χ0n) is 10.1. The molecule has 0 aliphatic carbocycles. The Morgan fingerprint density at radius 3 is 2.83 bits per heavy atom. The molecule has 0 radical (unpaired) electrons. The Hall–Kier alpha value is -1.11. The molecule has 0 aliphatic rings. The number of hydrogen-bond acceptors (Lipinski definition) is 4. The maximum absolute atomic E-state index is 10.3. The molecule has 1 aromatic carbocycles. The van der Waals surface area contributed by atoms with Gasteiger partial charge in [0.15, 0.2) is 0 Å². The lowest BCUT2D eigenvalue weighted by molar-refractivity contribution is -0.142. The van der Waals surface area contributed by atoms with E-state index in [0.29, 0.717) is 6.61 Å². The van der Waals surface area contributed by atoms with E-state index >= 15 is 0 Å². The monoisotopic (exact) mass is 317 g/mol. The molecule has 3 N–H and O–H groups in total. The Kier molecular flexibility index (Phi) is 6.11. The third-order valence-corrected chi connectivity index (χ3v) is 2.89. The molecule has 5 nitrogen and oxygen atoms in total. The lowest BCUT2D eigenvalue weighted by Crippen LogP contribution is -2.20. The molecule has 0 aliphatic heterocycles. The van der Waals surface area contributed by atoms with Crippen molar-refractivity contribution < 1.29 is 19.4 Å². The first-order valence-corrected chi connectivity index (χ1v) is 6.31. The molecule has 18 heavy (non-hydrogen) atoms. The molecule has 1 rings (SSSR count). The fourth-order valence-electron chi connectivity index (χ4n) is 1.43. The molecular weight excluding hydrogens is 302 g/mol. The van der Waals surface area contributed by atoms with Gasteiger partial charge in [0.25, 0.3) is 0 Å². The van der Waals surface area contributed by atoms with Crippen molar-refractivity contribution >= 4 is 21.9 Å². The summed E-state index contributed by atoms with van der Waals surface area (Å²) in [6.07, 6.45) is 0. The summed E-state index contributed by atoms with van der Waals surface area (Å²) in [5.41, 5.74) is 6.77. The summed E-state index contributed by atoms with van der Waals surface area (Å²) in [7, 11) is 0. The van der Waals surface area contributed by atoms with Gasteiger partial charge in [-0.1, -0.05) is 22.0 Å². The highest BCUT2D eigenvalue weighted by atomic mass is 79.9. The van der Waals surface area contributed by atoms with Crippen LogP contribution in [0.3, 0.4) is 0 Å². The Morgan fingerprint density at radius 1 is 1.56 bits per heavy atom. The van der Waals surface area contributed by atoms with Gasteiger partial charge >= 0.3 is 5.97 Å². The van der Waals surface area contributed by atoms with Crippen LogP contribution in [0.5, 0.6) is 5.75 Å². The van der Waals surface area contributed by atoms with Crippen LogP contribution in [0, 0.1) is 0 Å². The van der Waals surface area contributed by atoms with E-state index in [2.05, 4.69) is 15.9 Å². The van der Waals surface area contributed by atoms with Crippen LogP contribution in [0.2, 0.25) is 0 Å². The van der Waals surface area contributed by atoms with Gasteiger partial charge in [0.05, 0.1) is 19.3 Å². The van der Waals surface area contributed by atoms with Crippen molar-refractivity contribution in [2.45, 2.75) is 13.0 Å². The molecule has 1 unspecified atom stereocenters. The van der Waals surface area contributed by atoms with E-state index in [1.807, 2.05) is 25.1 Å². The highest BCUT2D eigenvalue weighted by Crippen LogP contribution is 2.27. The van der Waals surface area contributed by atoms with E-state index in [1.165, 1.54) is 0 Å². The van der Waals surface area contributed by atoms with Crippen LogP contribution in [0.25, 0.3) is 0 Å². The number of hydrogen-bond donors (Lipinski definition) is 2. The third kappa shape index (κ3) is 4.64. The van der Waals surface area contributed by atoms with E-state index < -0.39 is 5.97 Å². The van der Waals surface area contributed by atoms with Crippen LogP contribution < -0.4 is 10.5 Å². The molecule has 0 spiro atoms. The number of carbonyl (C=O) groups is 1. The van der Waals surface area contributed by atoms with E-state index in [1.54, 1.807) is 0 Å². The minimum absolute atomic E-state index is 0.152. The summed E-state index contributed by atoms with van der Waals surface area (Å²) in [5.74, 6) is -0.250. The highest BCUT2D eigenvalue weighted by molar-refractivity contribution is 9.10. The number of benzene rings is 1. The highest BCUT2D eigenvalue weighted by Gasteiger charge is 2.11. The van der Waals surface area contributed by atoms with Crippen molar-refractivity contribution in [2.75, 3.05) is 19.8 Å². The number of rotatable bonds is 7. The van der Waals surface area contributed by atoms with Gasteiger partial charge in [-0.15, -0.1) is 0 Å². The van der Waals surface area contributed by atoms with Gasteiger partial charge < -0.3 is 20.3 Å². The fourth-order valence-corrected chi connectivity index (χ4v) is 2.08. The molecule has 1 aromatic rings. The van der Waals surface area contributed by atoms with Gasteiger partial charge in [-0.3, -0.25) is 0 Å². The van der Waals surface area contributed by atoms with Crippen molar-refractivity contribution in [3.05, 3.63) is 28.2 Å². The quantitative estimate of drug-likeness (QED) is 0.803. The van der Waals surface area contributed by atoms with Crippen LogP contribution in [0.4, 0.5) is 0 Å². The fraction of sp³-hybridized carbons (Fsp3) is 0.417. The van der Waals surface area contributed by atoms with Crippen molar-refractivity contribution in [1.29, 1.82) is 0 Å². The minimum atomic E-state index is -1.01. The van der Waals surface area contributed by atoms with Gasteiger partial charge in [-0.05, 0) is 24.6 Å². The van der Waals surface area contributed by atoms with Crippen molar-refractivity contribution in [3.8, 4) is 5.75 Å². The molecule has 0 aromatic heterocycles.